The molecular formula is C20H15ClF2N2O3. The first-order valence-electron chi connectivity index (χ1n) is 8.20. The third-order valence-electron chi connectivity index (χ3n) is 3.59. The minimum Gasteiger partial charge on any atom is -0.489 e. The number of aromatic nitrogens is 1. The van der Waals surface area contributed by atoms with Crippen molar-refractivity contribution in [2.45, 2.75) is 6.61 Å². The molecule has 2 aromatic carbocycles. The van der Waals surface area contributed by atoms with Gasteiger partial charge in [0.2, 0.25) is 11.8 Å². The van der Waals surface area contributed by atoms with Crippen LogP contribution in [0.1, 0.15) is 5.56 Å². The van der Waals surface area contributed by atoms with Crippen LogP contribution < -0.4 is 14.8 Å². The van der Waals surface area contributed by atoms with Crippen LogP contribution in [0.4, 0.5) is 14.5 Å². The Kier molecular flexibility index (Phi) is 6.39. The van der Waals surface area contributed by atoms with Crippen LogP contribution in [0.2, 0.25) is 0 Å². The number of anilines is 1. The maximum Gasteiger partial charge on any atom is 0.239 e. The Morgan fingerprint density at radius 3 is 2.46 bits per heavy atom. The Balaban J connectivity index is 1.57. The molecule has 0 aliphatic rings. The van der Waals surface area contributed by atoms with Crippen molar-refractivity contribution < 1.29 is 23.0 Å². The summed E-state index contributed by atoms with van der Waals surface area (Å²) >= 11 is 5.42. The van der Waals surface area contributed by atoms with Crippen LogP contribution in [0, 0.1) is 11.6 Å². The van der Waals surface area contributed by atoms with Gasteiger partial charge in [0.1, 0.15) is 35.6 Å². The summed E-state index contributed by atoms with van der Waals surface area (Å²) in [5, 5.41) is 2.57. The van der Waals surface area contributed by atoms with E-state index >= 15 is 0 Å². The zero-order valence-corrected chi connectivity index (χ0v) is 15.2. The van der Waals surface area contributed by atoms with Crippen LogP contribution in [-0.2, 0) is 11.4 Å². The number of ether oxygens (including phenoxy) is 2. The maximum atomic E-state index is 13.6. The monoisotopic (exact) mass is 404 g/mol. The predicted octanol–water partition coefficient (Wildman–Crippen LogP) is 4.91. The van der Waals surface area contributed by atoms with E-state index in [1.165, 1.54) is 6.20 Å². The molecule has 5 nitrogen and oxygen atoms in total. The summed E-state index contributed by atoms with van der Waals surface area (Å²) in [6.07, 6.45) is 1.45. The van der Waals surface area contributed by atoms with Crippen LogP contribution in [0.5, 0.6) is 17.4 Å². The molecule has 0 atom stereocenters. The number of hydrogen-bond acceptors (Lipinski definition) is 4. The molecule has 1 amide bonds. The highest BCUT2D eigenvalue weighted by Crippen LogP contribution is 2.24. The molecule has 0 fully saturated rings. The smallest absolute Gasteiger partial charge is 0.239 e. The molecule has 3 aromatic rings. The molecule has 0 spiro atoms. The van der Waals surface area contributed by atoms with Crippen molar-refractivity contribution in [3.8, 4) is 17.4 Å². The van der Waals surface area contributed by atoms with E-state index in [2.05, 4.69) is 10.3 Å². The van der Waals surface area contributed by atoms with Gasteiger partial charge in [0.25, 0.3) is 0 Å². The molecular weight excluding hydrogens is 390 g/mol. The Labute approximate surface area is 164 Å². The molecule has 0 aliphatic heterocycles. The number of amides is 1. The number of pyridine rings is 1. The highest BCUT2D eigenvalue weighted by Gasteiger charge is 2.06. The van der Waals surface area contributed by atoms with E-state index < -0.39 is 11.6 Å². The molecule has 28 heavy (non-hydrogen) atoms. The van der Waals surface area contributed by atoms with E-state index in [1.807, 2.05) is 0 Å². The minimum absolute atomic E-state index is 0.0964. The van der Waals surface area contributed by atoms with Crippen molar-refractivity contribution >= 4 is 23.2 Å². The van der Waals surface area contributed by atoms with Gasteiger partial charge in [-0.1, -0.05) is 0 Å². The highest BCUT2D eigenvalue weighted by molar-refractivity contribution is 6.29. The van der Waals surface area contributed by atoms with Crippen LogP contribution in [0.3, 0.4) is 0 Å². The fraction of sp³-hybridized carbons (Fsp3) is 0.100. The van der Waals surface area contributed by atoms with E-state index in [4.69, 9.17) is 21.1 Å². The van der Waals surface area contributed by atoms with Gasteiger partial charge in [-0.2, -0.15) is 0 Å². The molecule has 0 saturated heterocycles. The minimum atomic E-state index is -0.530. The van der Waals surface area contributed by atoms with E-state index in [0.29, 0.717) is 23.1 Å². The number of benzene rings is 2. The number of carbonyl (C=O) groups is 1. The normalized spacial score (nSPS) is 10.4. The second-order valence-corrected chi connectivity index (χ2v) is 5.93. The molecule has 1 N–H and O–H groups in total. The summed E-state index contributed by atoms with van der Waals surface area (Å²) in [6, 6.07) is 13.0. The summed E-state index contributed by atoms with van der Waals surface area (Å²) in [5.41, 5.74) is 0.636. The molecule has 0 aliphatic carbocycles. The number of nitrogens with one attached hydrogen (secondary N) is 1. The van der Waals surface area contributed by atoms with Crippen LogP contribution in [0.25, 0.3) is 0 Å². The van der Waals surface area contributed by atoms with Crippen LogP contribution in [-0.4, -0.2) is 16.8 Å². The predicted molar refractivity (Wildman–Crippen MR) is 101 cm³/mol. The van der Waals surface area contributed by atoms with Gasteiger partial charge in [-0.05, 0) is 48.5 Å². The number of nitrogens with zero attached hydrogens (tertiary/aromatic N) is 1. The zero-order chi connectivity index (χ0) is 19.9. The van der Waals surface area contributed by atoms with E-state index in [9.17, 15) is 13.6 Å². The van der Waals surface area contributed by atoms with Gasteiger partial charge in [0.15, 0.2) is 0 Å². The molecule has 0 radical (unpaired) electrons. The fourth-order valence-electron chi connectivity index (χ4n) is 2.25. The van der Waals surface area contributed by atoms with Gasteiger partial charge in [0, 0.05) is 11.6 Å². The summed E-state index contributed by atoms with van der Waals surface area (Å²) in [4.78, 5) is 15.3. The summed E-state index contributed by atoms with van der Waals surface area (Å²) in [6.45, 7) is -0.0964. The third kappa shape index (κ3) is 5.40. The Morgan fingerprint density at radius 1 is 1.04 bits per heavy atom. The van der Waals surface area contributed by atoms with E-state index in [0.717, 1.165) is 18.2 Å². The largest absolute Gasteiger partial charge is 0.489 e. The first kappa shape index (κ1) is 19.6. The lowest BCUT2D eigenvalue weighted by atomic mass is 10.2. The lowest BCUT2D eigenvalue weighted by Crippen LogP contribution is -2.12. The van der Waals surface area contributed by atoms with Crippen LogP contribution in [0.15, 0.2) is 60.8 Å². The SMILES string of the molecule is O=C(CCl)Nc1ccc(Oc2ccc(OCc3cc(F)ccc3F)cc2)nc1. The fourth-order valence-corrected chi connectivity index (χ4v) is 2.32. The summed E-state index contributed by atoms with van der Waals surface area (Å²) in [7, 11) is 0. The maximum absolute atomic E-state index is 13.6. The standard InChI is InChI=1S/C20H15ClF2N2O3/c21-10-19(26)25-15-2-8-20(24-11-15)28-17-5-3-16(4-6-17)27-12-13-9-14(22)1-7-18(13)23/h1-9,11H,10,12H2,(H,25,26). The lowest BCUT2D eigenvalue weighted by molar-refractivity contribution is -0.113. The Bertz CT molecular complexity index is 951. The second kappa shape index (κ2) is 9.14. The average Bonchev–Trinajstić information content (AvgIpc) is 2.71. The van der Waals surface area contributed by atoms with Crippen LogP contribution >= 0.6 is 11.6 Å². The van der Waals surface area contributed by atoms with Gasteiger partial charge in [0.05, 0.1) is 11.9 Å². The molecule has 1 aromatic heterocycles. The zero-order valence-electron chi connectivity index (χ0n) is 14.5. The Morgan fingerprint density at radius 2 is 1.79 bits per heavy atom. The van der Waals surface area contributed by atoms with Crippen molar-refractivity contribution in [1.82, 2.24) is 4.98 Å². The molecule has 1 heterocycles. The van der Waals surface area contributed by atoms with Crippen molar-refractivity contribution in [2.24, 2.45) is 0 Å². The second-order valence-electron chi connectivity index (χ2n) is 5.66. The van der Waals surface area contributed by atoms with Gasteiger partial charge in [-0.15, -0.1) is 11.6 Å². The molecule has 0 bridgehead atoms. The molecule has 3 rings (SSSR count). The van der Waals surface area contributed by atoms with Gasteiger partial charge < -0.3 is 14.8 Å². The molecule has 0 saturated carbocycles. The van der Waals surface area contributed by atoms with E-state index in [1.54, 1.807) is 36.4 Å². The molecule has 8 heteroatoms. The number of halogens is 3. The average molecular weight is 405 g/mol. The number of carbonyl (C=O) groups excluding carboxylic acids is 1. The van der Waals surface area contributed by atoms with Gasteiger partial charge in [-0.3, -0.25) is 4.79 Å². The third-order valence-corrected chi connectivity index (χ3v) is 3.83. The van der Waals surface area contributed by atoms with E-state index in [-0.39, 0.29) is 24.0 Å². The van der Waals surface area contributed by atoms with Gasteiger partial charge in [-0.25, -0.2) is 13.8 Å². The number of rotatable bonds is 7. The first-order chi connectivity index (χ1) is 13.5. The summed E-state index contributed by atoms with van der Waals surface area (Å²) in [5.74, 6) is -0.205. The number of alkyl halides is 1. The highest BCUT2D eigenvalue weighted by atomic mass is 35.5. The van der Waals surface area contributed by atoms with Crippen molar-refractivity contribution in [3.63, 3.8) is 0 Å². The van der Waals surface area contributed by atoms with Crippen molar-refractivity contribution in [1.29, 1.82) is 0 Å². The molecule has 0 unspecified atom stereocenters. The Hall–Kier alpha value is -3.19. The van der Waals surface area contributed by atoms with Crippen molar-refractivity contribution in [3.05, 3.63) is 78.0 Å². The van der Waals surface area contributed by atoms with Crippen molar-refractivity contribution in [2.75, 3.05) is 11.2 Å². The summed E-state index contributed by atoms with van der Waals surface area (Å²) < 4.78 is 37.8. The first-order valence-corrected chi connectivity index (χ1v) is 8.73. The number of hydrogen-bond donors (Lipinski definition) is 1. The topological polar surface area (TPSA) is 60.5 Å². The quantitative estimate of drug-likeness (QED) is 0.568. The van der Waals surface area contributed by atoms with Gasteiger partial charge >= 0.3 is 0 Å². The lowest BCUT2D eigenvalue weighted by Gasteiger charge is -2.09. The molecule has 144 valence electrons.